The molecule has 0 unspecified atom stereocenters. The first-order valence-corrected chi connectivity index (χ1v) is 5.10. The lowest BCUT2D eigenvalue weighted by molar-refractivity contribution is -0.0587. The monoisotopic (exact) mass is 252 g/mol. The number of hydrogen-bond acceptors (Lipinski definition) is 1. The van der Waals surface area contributed by atoms with Gasteiger partial charge in [0.15, 0.2) is 6.01 Å². The molecule has 0 heterocycles. The molecule has 0 amide bonds. The Bertz CT molecular complexity index is 255. The van der Waals surface area contributed by atoms with Gasteiger partial charge >= 0.3 is 17.0 Å². The zero-order valence-electron chi connectivity index (χ0n) is 6.20. The fourth-order valence-corrected chi connectivity index (χ4v) is 1.31. The van der Waals surface area contributed by atoms with Gasteiger partial charge in [0.25, 0.3) is 0 Å². The maximum Gasteiger partial charge on any atom is 0.463 e. The van der Waals surface area contributed by atoms with Crippen molar-refractivity contribution in [2.45, 2.75) is 17.0 Å². The Hall–Kier alpha value is -0.410. The van der Waals surface area contributed by atoms with Gasteiger partial charge in [-0.25, -0.2) is 4.39 Å². The highest BCUT2D eigenvalue weighted by molar-refractivity contribution is 8.21. The van der Waals surface area contributed by atoms with Crippen LogP contribution >= 0.6 is 0 Å². The lowest BCUT2D eigenvalue weighted by atomic mass is 11.5. The summed E-state index contributed by atoms with van der Waals surface area (Å²) >= 11 is 0. The van der Waals surface area contributed by atoms with E-state index < -0.39 is 32.1 Å². The Balaban J connectivity index is 5.82. The highest BCUT2D eigenvalue weighted by Crippen LogP contribution is 2.53. The minimum atomic E-state index is -7.91. The molecule has 0 saturated heterocycles. The maximum absolute atomic E-state index is 11.8. The van der Waals surface area contributed by atoms with Gasteiger partial charge in [0.05, 0.1) is 0 Å². The first-order chi connectivity index (χ1) is 6.02. The van der Waals surface area contributed by atoms with E-state index in [1.54, 1.807) is 0 Å². The van der Waals surface area contributed by atoms with Gasteiger partial charge in [-0.05, 0) is 0 Å². The molecule has 88 valence electrons. The molecular weight excluding hydrogens is 248 g/mol. The van der Waals surface area contributed by atoms with Crippen LogP contribution in [0.5, 0.6) is 0 Å². The van der Waals surface area contributed by atoms with Crippen LogP contribution in [0.3, 0.4) is 0 Å². The van der Waals surface area contributed by atoms with Crippen LogP contribution in [-0.4, -0.2) is 27.2 Å². The molecule has 0 N–H and O–H groups in total. The van der Waals surface area contributed by atoms with Crippen LogP contribution < -0.4 is 0 Å². The molecule has 0 saturated carbocycles. The van der Waals surface area contributed by atoms with Crippen molar-refractivity contribution in [2.24, 2.45) is 0 Å². The molecule has 0 spiro atoms. The topological polar surface area (TPSA) is 17.1 Å². The molecule has 0 aliphatic heterocycles. The molecule has 0 bridgehead atoms. The van der Waals surface area contributed by atoms with E-state index in [4.69, 9.17) is 0 Å². The molecule has 0 aliphatic carbocycles. The van der Waals surface area contributed by atoms with Crippen molar-refractivity contribution in [2.75, 3.05) is 6.01 Å². The van der Waals surface area contributed by atoms with E-state index in [2.05, 4.69) is 0 Å². The molecule has 0 fully saturated rings. The minimum absolute atomic E-state index is 3.32. The summed E-state index contributed by atoms with van der Waals surface area (Å²) in [6, 6.07) is -3.32. The Morgan fingerprint density at radius 3 is 1.29 bits per heavy atom. The first kappa shape index (κ1) is 13.6. The lowest BCUT2D eigenvalue weighted by Gasteiger charge is -2.38. The van der Waals surface area contributed by atoms with Crippen molar-refractivity contribution < 1.29 is 39.3 Å². The Morgan fingerprint density at radius 1 is 1.00 bits per heavy atom. The summed E-state index contributed by atoms with van der Waals surface area (Å²) in [5.74, 6) is -9.98. The predicted molar refractivity (Wildman–Crippen MR) is 32.2 cm³/mol. The zero-order valence-corrected chi connectivity index (χ0v) is 7.02. The van der Waals surface area contributed by atoms with Crippen molar-refractivity contribution in [3.63, 3.8) is 0 Å². The van der Waals surface area contributed by atoms with Gasteiger partial charge in [0.2, 0.25) is 0 Å². The first-order valence-electron chi connectivity index (χ1n) is 2.84. The highest BCUT2D eigenvalue weighted by Gasteiger charge is 2.73. The standard InChI is InChI=1S/C4H4F8OS/c5-1-14(13,2(6)7,3(8)9)4(10,11)12/h2-3H,1H2. The van der Waals surface area contributed by atoms with Crippen LogP contribution in [0.1, 0.15) is 0 Å². The van der Waals surface area contributed by atoms with Gasteiger partial charge in [-0.2, -0.15) is 30.7 Å². The molecule has 10 heteroatoms. The van der Waals surface area contributed by atoms with E-state index in [0.717, 1.165) is 0 Å². The van der Waals surface area contributed by atoms with Crippen molar-refractivity contribution in [3.8, 4) is 0 Å². The highest BCUT2D eigenvalue weighted by atomic mass is 32.3. The van der Waals surface area contributed by atoms with E-state index >= 15 is 0 Å². The van der Waals surface area contributed by atoms with Gasteiger partial charge in [0, 0.05) is 0 Å². The van der Waals surface area contributed by atoms with E-state index in [1.807, 2.05) is 0 Å². The average Bonchev–Trinajstić information content (AvgIpc) is 1.99. The zero-order chi connectivity index (χ0) is 11.8. The second kappa shape index (κ2) is 3.31. The summed E-state index contributed by atoms with van der Waals surface area (Å²) in [7, 11) is -7.91. The fourth-order valence-electron chi connectivity index (χ4n) is 0.437. The van der Waals surface area contributed by atoms with Gasteiger partial charge < -0.3 is 0 Å². The smallest absolute Gasteiger partial charge is 0.261 e. The third-order valence-corrected chi connectivity index (χ3v) is 4.60. The Morgan fingerprint density at radius 2 is 1.29 bits per heavy atom. The summed E-state index contributed by atoms with van der Waals surface area (Å²) in [6.07, 6.45) is 0. The number of rotatable bonds is 3. The summed E-state index contributed by atoms with van der Waals surface area (Å²) in [4.78, 5) is 0. The number of hydrogen-bond donors (Lipinski definition) is 0. The Kier molecular flexibility index (Phi) is 3.22. The van der Waals surface area contributed by atoms with Gasteiger partial charge in [-0.1, -0.05) is 0 Å². The van der Waals surface area contributed by atoms with Gasteiger partial charge in [-0.15, -0.1) is 0 Å². The molecule has 1 nitrogen and oxygen atoms in total. The summed E-state index contributed by atoms with van der Waals surface area (Å²) < 4.78 is 105. The summed E-state index contributed by atoms with van der Waals surface area (Å²) in [6.45, 7) is 0. The van der Waals surface area contributed by atoms with E-state index in [0.29, 0.717) is 0 Å². The van der Waals surface area contributed by atoms with Crippen LogP contribution in [0.2, 0.25) is 0 Å². The average molecular weight is 252 g/mol. The molecule has 0 atom stereocenters. The fraction of sp³-hybridized carbons (Fsp3) is 1.00. The molecule has 0 aliphatic rings. The van der Waals surface area contributed by atoms with E-state index in [-0.39, 0.29) is 0 Å². The Labute approximate surface area is 72.5 Å². The molecule has 0 rings (SSSR count). The van der Waals surface area contributed by atoms with Crippen molar-refractivity contribution >= 4 is 9.07 Å². The normalized spacial score (nSPS) is 17.1. The predicted octanol–water partition coefficient (Wildman–Crippen LogP) is 2.70. The van der Waals surface area contributed by atoms with Crippen molar-refractivity contribution in [3.05, 3.63) is 0 Å². The number of halogens is 8. The van der Waals surface area contributed by atoms with E-state index in [1.165, 1.54) is 0 Å². The van der Waals surface area contributed by atoms with Crippen LogP contribution in [-0.2, 0) is 9.07 Å². The molecule has 14 heavy (non-hydrogen) atoms. The van der Waals surface area contributed by atoms with Crippen LogP contribution in [0.15, 0.2) is 0 Å². The second-order valence-electron chi connectivity index (χ2n) is 2.32. The molecule has 0 aromatic rings. The molecule has 0 aromatic heterocycles. The SMILES string of the molecule is O=S(CF)(C(F)F)(C(F)F)C(F)(F)F. The minimum Gasteiger partial charge on any atom is -0.261 e. The van der Waals surface area contributed by atoms with Crippen LogP contribution in [0, 0.1) is 0 Å². The largest absolute Gasteiger partial charge is 0.463 e. The van der Waals surface area contributed by atoms with Crippen molar-refractivity contribution in [1.29, 1.82) is 0 Å². The lowest BCUT2D eigenvalue weighted by Crippen LogP contribution is -2.59. The summed E-state index contributed by atoms with van der Waals surface area (Å²) in [5.41, 5.74) is -6.48. The third kappa shape index (κ3) is 1.30. The number of alkyl halides is 8. The third-order valence-electron chi connectivity index (χ3n) is 1.53. The molecule has 0 aromatic carbocycles. The van der Waals surface area contributed by atoms with Gasteiger partial charge in [0.1, 0.15) is 9.07 Å². The molecular formula is C4H4F8OS. The van der Waals surface area contributed by atoms with Gasteiger partial charge in [-0.3, -0.25) is 4.21 Å². The quantitative estimate of drug-likeness (QED) is 0.706. The summed E-state index contributed by atoms with van der Waals surface area (Å²) in [5, 5.41) is 0. The van der Waals surface area contributed by atoms with Crippen molar-refractivity contribution in [1.82, 2.24) is 0 Å². The van der Waals surface area contributed by atoms with E-state index in [9.17, 15) is 39.3 Å². The molecule has 0 radical (unpaired) electrons. The maximum atomic E-state index is 11.8. The van der Waals surface area contributed by atoms with Crippen LogP contribution in [0.4, 0.5) is 35.1 Å². The second-order valence-corrected chi connectivity index (χ2v) is 6.20. The van der Waals surface area contributed by atoms with Crippen LogP contribution in [0.25, 0.3) is 0 Å².